The highest BCUT2D eigenvalue weighted by atomic mass is 16.3. The van der Waals surface area contributed by atoms with Gasteiger partial charge in [-0.3, -0.25) is 24.6 Å². The summed E-state index contributed by atoms with van der Waals surface area (Å²) >= 11 is 0. The van der Waals surface area contributed by atoms with Crippen LogP contribution in [-0.4, -0.2) is 44.9 Å². The van der Waals surface area contributed by atoms with Gasteiger partial charge in [0, 0.05) is 23.3 Å². The number of nitrogens with one attached hydrogen (secondary N) is 2. The quantitative estimate of drug-likeness (QED) is 0.387. The minimum Gasteiger partial charge on any atom is -0.504 e. The minimum absolute atomic E-state index is 0.120. The van der Waals surface area contributed by atoms with E-state index in [0.29, 0.717) is 17.7 Å². The molecule has 1 saturated carbocycles. The predicted octanol–water partition coefficient (Wildman–Crippen LogP) is 2.96. The molecule has 4 N–H and O–H groups in total. The van der Waals surface area contributed by atoms with Crippen molar-refractivity contribution in [3.05, 3.63) is 53.1 Å². The third-order valence-electron chi connectivity index (χ3n) is 8.66. The summed E-state index contributed by atoms with van der Waals surface area (Å²) in [5.74, 6) is -2.77. The fourth-order valence-corrected chi connectivity index (χ4v) is 6.92. The standard InChI is InChI=1S/C28H31N3O5/c1-2-15-8-10-19-18(12-15)28(27(36)29-19)24-23(20(30-28)13-16-9-11-21(32)22(33)14-16)25(34)31(26(24)35)17-6-4-3-5-7-17/h8-12,14,17,20,23-24,30,32-33H,2-7,13H2,1H3,(H,29,36)/t20-,23-,24+,28+/m1/s1. The van der Waals surface area contributed by atoms with Crippen molar-refractivity contribution in [1.82, 2.24) is 10.2 Å². The molecule has 8 nitrogen and oxygen atoms in total. The Kier molecular flexibility index (Phi) is 5.33. The van der Waals surface area contributed by atoms with Gasteiger partial charge < -0.3 is 15.5 Å². The Morgan fingerprint density at radius 3 is 2.42 bits per heavy atom. The van der Waals surface area contributed by atoms with E-state index in [2.05, 4.69) is 10.6 Å². The molecule has 3 amide bonds. The number of imide groups is 1. The van der Waals surface area contributed by atoms with Crippen LogP contribution >= 0.6 is 0 Å². The zero-order valence-corrected chi connectivity index (χ0v) is 20.3. The highest BCUT2D eigenvalue weighted by Crippen LogP contribution is 2.54. The Bertz CT molecular complexity index is 1270. The SMILES string of the molecule is CCc1ccc2c(c1)[C@@]1(N[C@H](Cc3ccc(O)c(O)c3)[C@H]3C(=O)N(C4CCCCC4)C(=O)[C@H]31)C(=O)N2. The van der Waals surface area contributed by atoms with E-state index in [4.69, 9.17) is 0 Å². The molecule has 0 bridgehead atoms. The van der Waals surface area contributed by atoms with Crippen LogP contribution in [-0.2, 0) is 32.8 Å². The van der Waals surface area contributed by atoms with Crippen LogP contribution in [0.3, 0.4) is 0 Å². The summed E-state index contributed by atoms with van der Waals surface area (Å²) in [6.45, 7) is 2.04. The second-order valence-corrected chi connectivity index (χ2v) is 10.6. The van der Waals surface area contributed by atoms with Gasteiger partial charge >= 0.3 is 0 Å². The highest BCUT2D eigenvalue weighted by Gasteiger charge is 2.70. The Labute approximate surface area is 209 Å². The van der Waals surface area contributed by atoms with E-state index in [1.165, 1.54) is 17.0 Å². The van der Waals surface area contributed by atoms with E-state index in [1.54, 1.807) is 6.07 Å². The average molecular weight is 490 g/mol. The lowest BCUT2D eigenvalue weighted by Crippen LogP contribution is -2.54. The normalized spacial score (nSPS) is 29.6. The second kappa shape index (κ2) is 8.34. The number of benzene rings is 2. The number of anilines is 1. The molecule has 0 unspecified atom stereocenters. The molecule has 3 aliphatic heterocycles. The Morgan fingerprint density at radius 2 is 1.69 bits per heavy atom. The number of carbonyl (C=O) groups excluding carboxylic acids is 3. The number of rotatable bonds is 4. The second-order valence-electron chi connectivity index (χ2n) is 10.6. The lowest BCUT2D eigenvalue weighted by Gasteiger charge is -2.34. The molecular weight excluding hydrogens is 458 g/mol. The molecule has 1 aliphatic carbocycles. The first-order chi connectivity index (χ1) is 17.3. The number of amides is 3. The number of likely N-dealkylation sites (tertiary alicyclic amines) is 1. The van der Waals surface area contributed by atoms with E-state index < -0.39 is 23.4 Å². The van der Waals surface area contributed by atoms with Gasteiger partial charge in [0.05, 0.1) is 11.8 Å². The Balaban J connectivity index is 1.46. The molecule has 4 atom stereocenters. The summed E-state index contributed by atoms with van der Waals surface area (Å²) in [6, 6.07) is 9.78. The van der Waals surface area contributed by atoms with Gasteiger partial charge in [-0.05, 0) is 55.0 Å². The molecule has 8 heteroatoms. The van der Waals surface area contributed by atoms with Gasteiger partial charge in [0.15, 0.2) is 11.5 Å². The molecule has 3 heterocycles. The molecular formula is C28H31N3O5. The van der Waals surface area contributed by atoms with Crippen molar-refractivity contribution in [2.45, 2.75) is 69.5 Å². The lowest BCUT2D eigenvalue weighted by atomic mass is 9.76. The van der Waals surface area contributed by atoms with E-state index in [1.807, 2.05) is 25.1 Å². The number of nitrogens with zero attached hydrogens (tertiary/aromatic N) is 1. The molecule has 2 aromatic rings. The minimum atomic E-state index is -1.33. The molecule has 0 aromatic heterocycles. The van der Waals surface area contributed by atoms with Gasteiger partial charge in [0.2, 0.25) is 17.7 Å². The van der Waals surface area contributed by atoms with Crippen LogP contribution in [0.25, 0.3) is 0 Å². The number of aryl methyl sites for hydroxylation is 1. The van der Waals surface area contributed by atoms with Gasteiger partial charge in [0.25, 0.3) is 0 Å². The topological polar surface area (TPSA) is 119 Å². The maximum absolute atomic E-state index is 14.1. The van der Waals surface area contributed by atoms with Crippen molar-refractivity contribution in [2.75, 3.05) is 5.32 Å². The summed E-state index contributed by atoms with van der Waals surface area (Å²) in [4.78, 5) is 43.2. The van der Waals surface area contributed by atoms with E-state index in [-0.39, 0.29) is 35.3 Å². The van der Waals surface area contributed by atoms with Crippen LogP contribution in [0.1, 0.15) is 55.7 Å². The zero-order chi connectivity index (χ0) is 25.2. The van der Waals surface area contributed by atoms with Crippen LogP contribution in [0.4, 0.5) is 5.69 Å². The van der Waals surface area contributed by atoms with Crippen LogP contribution in [0, 0.1) is 11.8 Å². The number of hydrogen-bond acceptors (Lipinski definition) is 6. The molecule has 2 saturated heterocycles. The van der Waals surface area contributed by atoms with Crippen molar-refractivity contribution in [1.29, 1.82) is 0 Å². The van der Waals surface area contributed by atoms with Crippen LogP contribution in [0.15, 0.2) is 36.4 Å². The molecule has 0 radical (unpaired) electrons. The highest BCUT2D eigenvalue weighted by molar-refractivity contribution is 6.15. The van der Waals surface area contributed by atoms with Crippen molar-refractivity contribution in [3.63, 3.8) is 0 Å². The maximum Gasteiger partial charge on any atom is 0.250 e. The zero-order valence-electron chi connectivity index (χ0n) is 20.3. The first-order valence-corrected chi connectivity index (χ1v) is 13.0. The monoisotopic (exact) mass is 489 g/mol. The predicted molar refractivity (Wildman–Crippen MR) is 132 cm³/mol. The molecule has 36 heavy (non-hydrogen) atoms. The third kappa shape index (κ3) is 3.20. The van der Waals surface area contributed by atoms with Crippen LogP contribution < -0.4 is 10.6 Å². The summed E-state index contributed by atoms with van der Waals surface area (Å²) in [7, 11) is 0. The third-order valence-corrected chi connectivity index (χ3v) is 8.66. The van der Waals surface area contributed by atoms with Crippen LogP contribution in [0.2, 0.25) is 0 Å². The molecule has 6 rings (SSSR count). The van der Waals surface area contributed by atoms with Crippen molar-refractivity contribution in [2.24, 2.45) is 11.8 Å². The van der Waals surface area contributed by atoms with E-state index in [0.717, 1.165) is 49.7 Å². The van der Waals surface area contributed by atoms with Crippen molar-refractivity contribution < 1.29 is 24.6 Å². The number of hydrogen-bond donors (Lipinski definition) is 4. The van der Waals surface area contributed by atoms with E-state index >= 15 is 0 Å². The summed E-state index contributed by atoms with van der Waals surface area (Å²) < 4.78 is 0. The van der Waals surface area contributed by atoms with Crippen molar-refractivity contribution in [3.8, 4) is 11.5 Å². The fourth-order valence-electron chi connectivity index (χ4n) is 6.92. The number of phenolic OH excluding ortho intramolecular Hbond substituents is 2. The Morgan fingerprint density at radius 1 is 0.944 bits per heavy atom. The van der Waals surface area contributed by atoms with Gasteiger partial charge in [0.1, 0.15) is 5.54 Å². The molecule has 2 aromatic carbocycles. The summed E-state index contributed by atoms with van der Waals surface area (Å²) in [5.41, 5.74) is 1.82. The first kappa shape index (κ1) is 23.0. The number of aromatic hydroxyl groups is 2. The van der Waals surface area contributed by atoms with E-state index in [9.17, 15) is 24.6 Å². The van der Waals surface area contributed by atoms with Gasteiger partial charge in [-0.2, -0.15) is 0 Å². The summed E-state index contributed by atoms with van der Waals surface area (Å²) in [6.07, 6.45) is 5.79. The number of fused-ring (bicyclic) bond motifs is 4. The fraction of sp³-hybridized carbons (Fsp3) is 0.464. The molecule has 188 valence electrons. The molecule has 1 spiro atoms. The Hall–Kier alpha value is -3.39. The number of carbonyl (C=O) groups is 3. The molecule has 3 fully saturated rings. The average Bonchev–Trinajstić information content (AvgIpc) is 3.46. The number of phenols is 2. The van der Waals surface area contributed by atoms with Crippen LogP contribution in [0.5, 0.6) is 11.5 Å². The largest absolute Gasteiger partial charge is 0.504 e. The van der Waals surface area contributed by atoms with Gasteiger partial charge in [-0.25, -0.2) is 0 Å². The smallest absolute Gasteiger partial charge is 0.250 e. The van der Waals surface area contributed by atoms with Crippen molar-refractivity contribution >= 4 is 23.4 Å². The molecule has 4 aliphatic rings. The maximum atomic E-state index is 14.1. The first-order valence-electron chi connectivity index (χ1n) is 13.0. The summed E-state index contributed by atoms with van der Waals surface area (Å²) in [5, 5.41) is 26.2. The lowest BCUT2D eigenvalue weighted by molar-refractivity contribution is -0.146. The van der Waals surface area contributed by atoms with Gasteiger partial charge in [-0.1, -0.05) is 44.4 Å². The van der Waals surface area contributed by atoms with Gasteiger partial charge in [-0.15, -0.1) is 0 Å².